The first kappa shape index (κ1) is 11.9. The van der Waals surface area contributed by atoms with Gasteiger partial charge in [0, 0.05) is 20.0 Å². The summed E-state index contributed by atoms with van der Waals surface area (Å²) in [5, 5.41) is 15.8. The molecule has 1 saturated heterocycles. The van der Waals surface area contributed by atoms with Gasteiger partial charge in [-0.15, -0.1) is 0 Å². The second-order valence-corrected chi connectivity index (χ2v) is 2.93. The Morgan fingerprint density at radius 2 is 2.08 bits per heavy atom. The molecule has 1 aliphatic heterocycles. The van der Waals surface area contributed by atoms with Crippen LogP contribution >= 0.6 is 0 Å². The average molecular weight is 189 g/mol. The number of aliphatic carboxylic acids is 1. The standard InChI is InChI=1S/C5H9NO.C3H6O3/c1-6-4-2-3-5(6)7;1-2(4)3(5)6/h2-4H2,1H3;2,4H,1H3,(H,5,6). The highest BCUT2D eigenvalue weighted by Gasteiger charge is 2.14. The lowest BCUT2D eigenvalue weighted by Crippen LogP contribution is -2.17. The molecule has 0 saturated carbocycles. The van der Waals surface area contributed by atoms with E-state index in [0.29, 0.717) is 5.91 Å². The number of nitrogens with zero attached hydrogens (tertiary/aromatic N) is 1. The average Bonchev–Trinajstić information content (AvgIpc) is 2.37. The SMILES string of the molecule is CC(O)C(=O)O.CN1CCCC1=O. The molecule has 1 rings (SSSR count). The van der Waals surface area contributed by atoms with E-state index in [-0.39, 0.29) is 0 Å². The number of likely N-dealkylation sites (tertiary alicyclic amines) is 1. The molecule has 0 bridgehead atoms. The summed E-state index contributed by atoms with van der Waals surface area (Å²) in [6, 6.07) is 0. The highest BCUT2D eigenvalue weighted by Crippen LogP contribution is 2.04. The van der Waals surface area contributed by atoms with Crippen molar-refractivity contribution in [2.45, 2.75) is 25.9 Å². The van der Waals surface area contributed by atoms with Crippen molar-refractivity contribution < 1.29 is 19.8 Å². The van der Waals surface area contributed by atoms with Gasteiger partial charge in [-0.1, -0.05) is 0 Å². The molecular weight excluding hydrogens is 174 g/mol. The zero-order chi connectivity index (χ0) is 10.4. The maximum atomic E-state index is 10.5. The largest absolute Gasteiger partial charge is 0.479 e. The minimum Gasteiger partial charge on any atom is -0.479 e. The summed E-state index contributed by atoms with van der Waals surface area (Å²) in [5.41, 5.74) is 0. The summed E-state index contributed by atoms with van der Waals surface area (Å²) in [6.45, 7) is 2.15. The summed E-state index contributed by atoms with van der Waals surface area (Å²) < 4.78 is 0. The molecule has 1 aliphatic rings. The van der Waals surface area contributed by atoms with Gasteiger partial charge in [0.15, 0.2) is 0 Å². The van der Waals surface area contributed by atoms with Crippen molar-refractivity contribution in [2.24, 2.45) is 0 Å². The summed E-state index contributed by atoms with van der Waals surface area (Å²) in [5.74, 6) is -0.894. The fraction of sp³-hybridized carbons (Fsp3) is 0.750. The third-order valence-electron chi connectivity index (χ3n) is 1.67. The summed E-state index contributed by atoms with van der Waals surface area (Å²) in [7, 11) is 1.84. The fourth-order valence-corrected chi connectivity index (χ4v) is 0.783. The minimum atomic E-state index is -1.23. The monoisotopic (exact) mass is 189 g/mol. The molecule has 76 valence electrons. The van der Waals surface area contributed by atoms with Crippen LogP contribution in [-0.2, 0) is 9.59 Å². The van der Waals surface area contributed by atoms with E-state index in [2.05, 4.69) is 0 Å². The zero-order valence-electron chi connectivity index (χ0n) is 7.86. The second-order valence-electron chi connectivity index (χ2n) is 2.93. The van der Waals surface area contributed by atoms with Crippen LogP contribution in [0.1, 0.15) is 19.8 Å². The zero-order valence-corrected chi connectivity index (χ0v) is 7.86. The van der Waals surface area contributed by atoms with Crippen LogP contribution < -0.4 is 0 Å². The molecule has 1 fully saturated rings. The molecule has 0 aromatic rings. The Morgan fingerprint density at radius 3 is 2.15 bits per heavy atom. The Balaban J connectivity index is 0.000000226. The van der Waals surface area contributed by atoms with Gasteiger partial charge in [-0.2, -0.15) is 0 Å². The van der Waals surface area contributed by atoms with Crippen LogP contribution in [0.15, 0.2) is 0 Å². The lowest BCUT2D eigenvalue weighted by molar-refractivity contribution is -0.145. The normalized spacial score (nSPS) is 17.8. The molecule has 2 N–H and O–H groups in total. The number of carbonyl (C=O) groups excluding carboxylic acids is 1. The Morgan fingerprint density at radius 1 is 1.62 bits per heavy atom. The van der Waals surface area contributed by atoms with Gasteiger partial charge >= 0.3 is 5.97 Å². The van der Waals surface area contributed by atoms with Crippen molar-refractivity contribution in [3.05, 3.63) is 0 Å². The van der Waals surface area contributed by atoms with Gasteiger partial charge < -0.3 is 15.1 Å². The molecule has 5 nitrogen and oxygen atoms in total. The van der Waals surface area contributed by atoms with E-state index in [0.717, 1.165) is 19.4 Å². The van der Waals surface area contributed by atoms with Crippen LogP contribution in [-0.4, -0.2) is 46.7 Å². The predicted molar refractivity (Wildman–Crippen MR) is 46.2 cm³/mol. The van der Waals surface area contributed by atoms with Crippen LogP contribution in [0, 0.1) is 0 Å². The van der Waals surface area contributed by atoms with E-state index in [1.54, 1.807) is 4.90 Å². The summed E-state index contributed by atoms with van der Waals surface area (Å²) in [6.07, 6.45) is 0.580. The number of carbonyl (C=O) groups is 2. The van der Waals surface area contributed by atoms with Gasteiger partial charge in [-0.05, 0) is 13.3 Å². The topological polar surface area (TPSA) is 77.8 Å². The Kier molecular flexibility index (Phi) is 5.06. The Bertz CT molecular complexity index is 191. The highest BCUT2D eigenvalue weighted by atomic mass is 16.4. The summed E-state index contributed by atoms with van der Waals surface area (Å²) >= 11 is 0. The molecule has 0 aromatic heterocycles. The van der Waals surface area contributed by atoms with Crippen LogP contribution in [0.2, 0.25) is 0 Å². The molecule has 1 atom stereocenters. The van der Waals surface area contributed by atoms with E-state index in [9.17, 15) is 9.59 Å². The van der Waals surface area contributed by atoms with Crippen LogP contribution in [0.25, 0.3) is 0 Å². The summed E-state index contributed by atoms with van der Waals surface area (Å²) in [4.78, 5) is 21.7. The lowest BCUT2D eigenvalue weighted by atomic mass is 10.4. The van der Waals surface area contributed by atoms with E-state index in [1.165, 1.54) is 6.92 Å². The van der Waals surface area contributed by atoms with Gasteiger partial charge in [0.1, 0.15) is 6.10 Å². The predicted octanol–water partition coefficient (Wildman–Crippen LogP) is -0.310. The van der Waals surface area contributed by atoms with Gasteiger partial charge in [-0.3, -0.25) is 4.79 Å². The molecular formula is C8H15NO4. The quantitative estimate of drug-likeness (QED) is 0.593. The molecule has 5 heteroatoms. The number of aliphatic hydroxyl groups excluding tert-OH is 1. The van der Waals surface area contributed by atoms with Gasteiger partial charge in [0.05, 0.1) is 0 Å². The van der Waals surface area contributed by atoms with E-state index in [1.807, 2.05) is 7.05 Å². The molecule has 1 unspecified atom stereocenters. The van der Waals surface area contributed by atoms with E-state index < -0.39 is 12.1 Å². The van der Waals surface area contributed by atoms with E-state index >= 15 is 0 Å². The third kappa shape index (κ3) is 5.19. The lowest BCUT2D eigenvalue weighted by Gasteiger charge is -2.03. The Hall–Kier alpha value is -1.10. The highest BCUT2D eigenvalue weighted by molar-refractivity contribution is 5.77. The minimum absolute atomic E-state index is 0.292. The molecule has 0 aromatic carbocycles. The number of carboxylic acids is 1. The maximum Gasteiger partial charge on any atom is 0.332 e. The first-order valence-corrected chi connectivity index (χ1v) is 4.10. The second kappa shape index (κ2) is 5.53. The fourth-order valence-electron chi connectivity index (χ4n) is 0.783. The number of hydrogen-bond donors (Lipinski definition) is 2. The maximum absolute atomic E-state index is 10.5. The van der Waals surface area contributed by atoms with Crippen molar-refractivity contribution in [1.29, 1.82) is 0 Å². The van der Waals surface area contributed by atoms with Crippen molar-refractivity contribution in [1.82, 2.24) is 4.90 Å². The number of rotatable bonds is 1. The van der Waals surface area contributed by atoms with Crippen molar-refractivity contribution in [3.8, 4) is 0 Å². The number of aliphatic hydroxyl groups is 1. The van der Waals surface area contributed by atoms with Gasteiger partial charge in [-0.25, -0.2) is 4.79 Å². The van der Waals surface area contributed by atoms with E-state index in [4.69, 9.17) is 10.2 Å². The number of carboxylic acid groups (broad SMARTS) is 1. The number of amides is 1. The molecule has 0 spiro atoms. The van der Waals surface area contributed by atoms with Crippen molar-refractivity contribution in [3.63, 3.8) is 0 Å². The molecule has 0 radical (unpaired) electrons. The third-order valence-corrected chi connectivity index (χ3v) is 1.67. The van der Waals surface area contributed by atoms with Gasteiger partial charge in [0.25, 0.3) is 0 Å². The first-order chi connectivity index (χ1) is 5.95. The molecule has 1 heterocycles. The molecule has 0 aliphatic carbocycles. The Labute approximate surface area is 77.0 Å². The van der Waals surface area contributed by atoms with Crippen LogP contribution in [0.3, 0.4) is 0 Å². The van der Waals surface area contributed by atoms with Crippen LogP contribution in [0.5, 0.6) is 0 Å². The van der Waals surface area contributed by atoms with Crippen LogP contribution in [0.4, 0.5) is 0 Å². The van der Waals surface area contributed by atoms with Crippen molar-refractivity contribution >= 4 is 11.9 Å². The smallest absolute Gasteiger partial charge is 0.332 e. The molecule has 1 amide bonds. The first-order valence-electron chi connectivity index (χ1n) is 4.10. The van der Waals surface area contributed by atoms with Crippen molar-refractivity contribution in [2.75, 3.05) is 13.6 Å². The molecule has 13 heavy (non-hydrogen) atoms. The van der Waals surface area contributed by atoms with Gasteiger partial charge in [0.2, 0.25) is 5.91 Å². The number of hydrogen-bond acceptors (Lipinski definition) is 3.